The standard InChI is InChI=1S/C56H40N6O4.2BrH/c63-53-41-23-15-37(16-24-41)33-59-49-11-1-2-12-50(49)60(57-59)34-38-17-25-42(26-18-38)54(64)46-8-6-10-48(32-46)56(66)44-29-21-40(22-30-44)36-62-52-14-4-3-13-51(52)61(58-62)35-39-19-27-43(28-20-39)55(65)47-9-5-7-45(53)31-47;;/h1-32H,33-36H2;2*1H/q+2;;/p-2. The van der Waals surface area contributed by atoms with E-state index in [1.807, 2.05) is 164 Å². The summed E-state index contributed by atoms with van der Waals surface area (Å²) in [6.07, 6.45) is 0. The van der Waals surface area contributed by atoms with E-state index in [2.05, 4.69) is 0 Å². The second kappa shape index (κ2) is 19.2. The minimum absolute atomic E-state index is 0. The van der Waals surface area contributed by atoms with Crippen LogP contribution in [0.2, 0.25) is 0 Å². The summed E-state index contributed by atoms with van der Waals surface area (Å²) in [5, 5.41) is 9.93. The average Bonchev–Trinajstić information content (AvgIpc) is 3.89. The minimum atomic E-state index is -0.172. The van der Waals surface area contributed by atoms with Crippen LogP contribution in [-0.4, -0.2) is 42.9 Å². The van der Waals surface area contributed by atoms with Crippen molar-refractivity contribution in [3.05, 3.63) is 261 Å². The number of benzene rings is 8. The van der Waals surface area contributed by atoms with Crippen LogP contribution in [0.1, 0.15) is 85.9 Å². The lowest BCUT2D eigenvalue weighted by atomic mass is 9.96. The van der Waals surface area contributed by atoms with E-state index in [4.69, 9.17) is 10.4 Å². The van der Waals surface area contributed by atoms with Crippen LogP contribution in [0.5, 0.6) is 0 Å². The first-order chi connectivity index (χ1) is 32.3. The van der Waals surface area contributed by atoms with Gasteiger partial charge in [-0.3, -0.25) is 19.2 Å². The average molecular weight is 1020 g/mol. The lowest BCUT2D eigenvalue weighted by Gasteiger charge is -2.07. The zero-order chi connectivity index (χ0) is 44.7. The summed E-state index contributed by atoms with van der Waals surface area (Å²) >= 11 is 0. The van der Waals surface area contributed by atoms with Crippen LogP contribution in [-0.2, 0) is 26.2 Å². The number of aromatic nitrogens is 6. The summed E-state index contributed by atoms with van der Waals surface area (Å²) in [6.45, 7) is 1.90. The van der Waals surface area contributed by atoms with E-state index >= 15 is 0 Å². The smallest absolute Gasteiger partial charge is 0.198 e. The van der Waals surface area contributed by atoms with E-state index in [0.717, 1.165) is 44.3 Å². The highest BCUT2D eigenvalue weighted by Gasteiger charge is 2.22. The molecular weight excluding hydrogens is 980 g/mol. The lowest BCUT2D eigenvalue weighted by Crippen LogP contribution is -3.00. The van der Waals surface area contributed by atoms with E-state index in [9.17, 15) is 19.2 Å². The van der Waals surface area contributed by atoms with E-state index in [0.29, 0.717) is 70.7 Å². The molecule has 9 heterocycles. The first-order valence-corrected chi connectivity index (χ1v) is 21.8. The van der Waals surface area contributed by atoms with E-state index in [1.165, 1.54) is 0 Å². The van der Waals surface area contributed by atoms with Crippen LogP contribution in [0.3, 0.4) is 0 Å². The molecule has 0 aliphatic carbocycles. The van der Waals surface area contributed by atoms with Crippen molar-refractivity contribution < 1.29 is 62.5 Å². The van der Waals surface area contributed by atoms with Crippen LogP contribution < -0.4 is 43.3 Å². The van der Waals surface area contributed by atoms with Crippen LogP contribution in [0.4, 0.5) is 0 Å². The van der Waals surface area contributed by atoms with E-state index in [-0.39, 0.29) is 57.1 Å². The van der Waals surface area contributed by atoms with Crippen molar-refractivity contribution in [1.29, 1.82) is 0 Å². The molecule has 0 unspecified atom stereocenters. The summed E-state index contributed by atoms with van der Waals surface area (Å²) in [6, 6.07) is 59.8. The molecule has 0 spiro atoms. The zero-order valence-electron chi connectivity index (χ0n) is 36.4. The Labute approximate surface area is 412 Å². The maximum atomic E-state index is 13.8. The number of nitrogens with zero attached hydrogens (tertiary/aromatic N) is 6. The first kappa shape index (κ1) is 45.4. The molecule has 17 rings (SSSR count). The third-order valence-corrected chi connectivity index (χ3v) is 12.3. The Hall–Kier alpha value is -7.80. The summed E-state index contributed by atoms with van der Waals surface area (Å²) < 4.78 is 7.77. The van der Waals surface area contributed by atoms with Gasteiger partial charge < -0.3 is 34.0 Å². The number of halogens is 2. The highest BCUT2D eigenvalue weighted by molar-refractivity contribution is 6.14. The summed E-state index contributed by atoms with van der Waals surface area (Å²) in [5.74, 6) is -0.688. The van der Waals surface area contributed by atoms with Gasteiger partial charge in [0.2, 0.25) is 0 Å². The molecule has 7 aliphatic heterocycles. The number of fused-ring (bicyclic) bond motifs is 2. The monoisotopic (exact) mass is 1020 g/mol. The van der Waals surface area contributed by atoms with Gasteiger partial charge in [0.1, 0.15) is 26.2 Å². The fourth-order valence-corrected chi connectivity index (χ4v) is 8.73. The molecule has 10 nitrogen and oxygen atoms in total. The Morgan fingerprint density at radius 1 is 0.324 bits per heavy atom. The van der Waals surface area contributed by atoms with Gasteiger partial charge in [-0.25, -0.2) is 0 Å². The number of rotatable bonds is 0. The second-order valence-electron chi connectivity index (χ2n) is 16.7. The highest BCUT2D eigenvalue weighted by Crippen LogP contribution is 2.21. The van der Waals surface area contributed by atoms with Crippen molar-refractivity contribution in [1.82, 2.24) is 19.8 Å². The van der Waals surface area contributed by atoms with Gasteiger partial charge in [-0.05, 0) is 58.7 Å². The SMILES string of the molecule is O=C1c2ccc(cc2)Cn2n[n+](c3ccccc32)Cc2ccc(cc2)C(=O)c2cccc(c2)C(=O)c2ccc(cc2)C[n+]2nn(c3ccccc32)Cc2ccc(cc2)C(=O)c2cccc1c2.[Br-].[Br-]. The molecule has 68 heavy (non-hydrogen) atoms. The first-order valence-electron chi connectivity index (χ1n) is 21.8. The highest BCUT2D eigenvalue weighted by atomic mass is 79.9. The summed E-state index contributed by atoms with van der Waals surface area (Å²) in [7, 11) is 0. The topological polar surface area (TPSA) is 112 Å². The molecule has 7 aliphatic rings. The molecule has 2 aromatic heterocycles. The summed E-state index contributed by atoms with van der Waals surface area (Å²) in [4.78, 5) is 55.1. The fraction of sp³-hybridized carbons (Fsp3) is 0.0714. The molecule has 10 aromatic rings. The van der Waals surface area contributed by atoms with Gasteiger partial charge in [0.15, 0.2) is 45.2 Å². The van der Waals surface area contributed by atoms with Gasteiger partial charge in [-0.2, -0.15) is 0 Å². The molecule has 0 N–H and O–H groups in total. The van der Waals surface area contributed by atoms with Gasteiger partial charge in [0.05, 0.1) is 10.4 Å². The number of carbonyl (C=O) groups excluding carboxylic acids is 4. The van der Waals surface area contributed by atoms with Crippen molar-refractivity contribution >= 4 is 45.2 Å². The summed E-state index contributed by atoms with van der Waals surface area (Å²) in [5.41, 5.74) is 11.5. The van der Waals surface area contributed by atoms with Crippen LogP contribution >= 0.6 is 0 Å². The fourth-order valence-electron chi connectivity index (χ4n) is 8.73. The Morgan fingerprint density at radius 2 is 0.618 bits per heavy atom. The number of para-hydroxylation sites is 4. The van der Waals surface area contributed by atoms with Gasteiger partial charge in [-0.15, -0.1) is 18.7 Å². The molecule has 16 bridgehead atoms. The van der Waals surface area contributed by atoms with Crippen LogP contribution in [0.25, 0.3) is 22.1 Å². The van der Waals surface area contributed by atoms with Crippen molar-refractivity contribution in [2.75, 3.05) is 0 Å². The Kier molecular flexibility index (Phi) is 12.8. The van der Waals surface area contributed by atoms with Crippen LogP contribution in [0, 0.1) is 0 Å². The van der Waals surface area contributed by atoms with Crippen molar-refractivity contribution in [3.63, 3.8) is 0 Å². The third kappa shape index (κ3) is 8.91. The van der Waals surface area contributed by atoms with Gasteiger partial charge in [0, 0.05) is 44.5 Å². The number of carbonyl (C=O) groups is 4. The molecule has 0 fully saturated rings. The molecule has 332 valence electrons. The minimum Gasteiger partial charge on any atom is -1.00 e. The number of ketones is 4. The Bertz CT molecular complexity index is 3090. The maximum Gasteiger partial charge on any atom is 0.198 e. The van der Waals surface area contributed by atoms with Gasteiger partial charge >= 0.3 is 0 Å². The Balaban J connectivity index is 0.00000289. The predicted octanol–water partition coefficient (Wildman–Crippen LogP) is 2.40. The zero-order valence-corrected chi connectivity index (χ0v) is 39.5. The second-order valence-corrected chi connectivity index (χ2v) is 16.7. The third-order valence-electron chi connectivity index (χ3n) is 12.3. The number of hydrogen-bond donors (Lipinski definition) is 0. The molecule has 0 saturated heterocycles. The number of hydrogen-bond acceptors (Lipinski definition) is 6. The molecule has 0 atom stereocenters. The van der Waals surface area contributed by atoms with Gasteiger partial charge in [0.25, 0.3) is 0 Å². The lowest BCUT2D eigenvalue weighted by molar-refractivity contribution is -0.724. The largest absolute Gasteiger partial charge is 1.00 e. The van der Waals surface area contributed by atoms with Gasteiger partial charge in [-0.1, -0.05) is 158 Å². The van der Waals surface area contributed by atoms with Crippen molar-refractivity contribution in [2.24, 2.45) is 0 Å². The molecule has 0 saturated carbocycles. The van der Waals surface area contributed by atoms with Crippen molar-refractivity contribution in [2.45, 2.75) is 26.2 Å². The van der Waals surface area contributed by atoms with Crippen LogP contribution in [0.15, 0.2) is 194 Å². The quantitative estimate of drug-likeness (QED) is 0.216. The molecule has 12 heteroatoms. The molecule has 0 amide bonds. The van der Waals surface area contributed by atoms with E-state index in [1.54, 1.807) is 48.5 Å². The predicted molar refractivity (Wildman–Crippen MR) is 249 cm³/mol. The molecule has 0 radical (unpaired) electrons. The maximum absolute atomic E-state index is 13.8. The Morgan fingerprint density at radius 3 is 0.941 bits per heavy atom. The van der Waals surface area contributed by atoms with Crippen molar-refractivity contribution in [3.8, 4) is 0 Å². The van der Waals surface area contributed by atoms with E-state index < -0.39 is 0 Å². The molecule has 8 aromatic carbocycles. The molecular formula is C56H40Br2N6O4. The normalized spacial score (nSPS) is 12.9.